The monoisotopic (exact) mass is 406 g/mol. The largest absolute Gasteiger partial charge is 0.573 e. The Bertz CT molecular complexity index is 885. The minimum Gasteiger partial charge on any atom is -0.406 e. The number of para-hydroxylation sites is 1. The molecule has 0 aromatic heterocycles. The zero-order chi connectivity index (χ0) is 19.4. The molecule has 0 heterocycles. The van der Waals surface area contributed by atoms with Crippen molar-refractivity contribution < 1.29 is 31.1 Å². The van der Waals surface area contributed by atoms with Gasteiger partial charge in [0, 0.05) is 4.90 Å². The number of rotatable bonds is 7. The van der Waals surface area contributed by atoms with Crippen LogP contribution >= 0.6 is 11.8 Å². The summed E-state index contributed by atoms with van der Waals surface area (Å²) in [4.78, 5) is 11.1. The van der Waals surface area contributed by atoms with E-state index in [1.165, 1.54) is 6.07 Å². The van der Waals surface area contributed by atoms with Crippen LogP contribution < -0.4 is 15.2 Å². The van der Waals surface area contributed by atoms with E-state index in [0.717, 1.165) is 36.0 Å². The Morgan fingerprint density at radius 1 is 1.12 bits per heavy atom. The Morgan fingerprint density at radius 2 is 1.73 bits per heavy atom. The van der Waals surface area contributed by atoms with E-state index in [9.17, 15) is 26.4 Å². The van der Waals surface area contributed by atoms with E-state index in [1.807, 2.05) is 0 Å². The minimum atomic E-state index is -4.87. The smallest absolute Gasteiger partial charge is 0.406 e. The highest BCUT2D eigenvalue weighted by Crippen LogP contribution is 2.29. The highest BCUT2D eigenvalue weighted by atomic mass is 32.2. The number of thioether (sulfide) groups is 1. The number of nitrogens with two attached hydrogens (primary N) is 1. The number of amides is 1. The van der Waals surface area contributed by atoms with Crippen LogP contribution in [0.2, 0.25) is 0 Å². The maximum absolute atomic E-state index is 12.4. The molecule has 0 radical (unpaired) electrons. The van der Waals surface area contributed by atoms with Gasteiger partial charge >= 0.3 is 6.36 Å². The molecule has 0 aliphatic heterocycles. The summed E-state index contributed by atoms with van der Waals surface area (Å²) in [6.07, 6.45) is -4.87. The summed E-state index contributed by atoms with van der Waals surface area (Å²) in [6.45, 7) is 0. The molecule has 2 aromatic carbocycles. The fraction of sp³-hybridized carbons (Fsp3) is 0.133. The van der Waals surface area contributed by atoms with E-state index in [1.54, 1.807) is 18.2 Å². The molecule has 1 amide bonds. The van der Waals surface area contributed by atoms with Crippen LogP contribution in [0.25, 0.3) is 0 Å². The minimum absolute atomic E-state index is 0.0395. The van der Waals surface area contributed by atoms with Crippen LogP contribution in [0.5, 0.6) is 5.75 Å². The Morgan fingerprint density at radius 3 is 2.31 bits per heavy atom. The molecule has 11 heteroatoms. The van der Waals surface area contributed by atoms with Gasteiger partial charge in [0.05, 0.1) is 16.3 Å². The summed E-state index contributed by atoms with van der Waals surface area (Å²) >= 11 is 1.05. The number of alkyl halides is 3. The molecule has 3 N–H and O–H groups in total. The van der Waals surface area contributed by atoms with E-state index in [0.29, 0.717) is 4.90 Å². The summed E-state index contributed by atoms with van der Waals surface area (Å²) in [5.41, 5.74) is 5.29. The van der Waals surface area contributed by atoms with Crippen molar-refractivity contribution in [3.05, 3.63) is 48.5 Å². The number of halogens is 3. The molecule has 2 aromatic rings. The lowest BCUT2D eigenvalue weighted by Crippen LogP contribution is -2.17. The third-order valence-electron chi connectivity index (χ3n) is 2.87. The number of hydrogen-bond donors (Lipinski definition) is 2. The van der Waals surface area contributed by atoms with Crippen LogP contribution in [0.3, 0.4) is 0 Å². The van der Waals surface area contributed by atoms with Gasteiger partial charge in [0.15, 0.2) is 0 Å². The normalized spacial score (nSPS) is 11.8. The van der Waals surface area contributed by atoms with Crippen molar-refractivity contribution in [2.45, 2.75) is 16.2 Å². The molecule has 0 atom stereocenters. The highest BCUT2D eigenvalue weighted by molar-refractivity contribution is 8.00. The predicted molar refractivity (Wildman–Crippen MR) is 90.3 cm³/mol. The van der Waals surface area contributed by atoms with Crippen molar-refractivity contribution in [3.8, 4) is 5.75 Å². The summed E-state index contributed by atoms with van der Waals surface area (Å²) in [5.74, 6) is -1.14. The van der Waals surface area contributed by atoms with Gasteiger partial charge in [0.2, 0.25) is 5.91 Å². The molecule has 2 rings (SSSR count). The van der Waals surface area contributed by atoms with Gasteiger partial charge in [0.1, 0.15) is 5.75 Å². The van der Waals surface area contributed by atoms with E-state index in [-0.39, 0.29) is 16.3 Å². The Hall–Kier alpha value is -2.40. The van der Waals surface area contributed by atoms with Gasteiger partial charge in [-0.1, -0.05) is 12.1 Å². The highest BCUT2D eigenvalue weighted by Gasteiger charge is 2.31. The number of ether oxygens (including phenoxy) is 1. The van der Waals surface area contributed by atoms with Gasteiger partial charge in [0.25, 0.3) is 10.0 Å². The third-order valence-corrected chi connectivity index (χ3v) is 5.35. The quantitative estimate of drug-likeness (QED) is 0.689. The van der Waals surface area contributed by atoms with Gasteiger partial charge in [-0.3, -0.25) is 9.52 Å². The zero-order valence-corrected chi connectivity index (χ0v) is 14.6. The number of sulfonamides is 1. The Labute approximate surface area is 151 Å². The number of nitrogens with one attached hydrogen (secondary N) is 1. The first-order valence-electron chi connectivity index (χ1n) is 6.95. The predicted octanol–water partition coefficient (Wildman–Crippen LogP) is 2.96. The van der Waals surface area contributed by atoms with E-state index in [2.05, 4.69) is 9.46 Å². The molecule has 0 bridgehead atoms. The summed E-state index contributed by atoms with van der Waals surface area (Å²) in [5, 5.41) is 0. The second-order valence-electron chi connectivity index (χ2n) is 4.88. The fourth-order valence-corrected chi connectivity index (χ4v) is 3.74. The third kappa shape index (κ3) is 5.85. The molecule has 0 spiro atoms. The number of carbonyl (C=O) groups excluding carboxylic acids is 1. The van der Waals surface area contributed by atoms with Gasteiger partial charge in [-0.05, 0) is 36.4 Å². The van der Waals surface area contributed by atoms with Crippen LogP contribution in [0.15, 0.2) is 58.3 Å². The van der Waals surface area contributed by atoms with Gasteiger partial charge in [-0.2, -0.15) is 0 Å². The Balaban J connectivity index is 2.20. The lowest BCUT2D eigenvalue weighted by atomic mass is 10.3. The summed E-state index contributed by atoms with van der Waals surface area (Å²) in [6, 6.07) is 10.1. The molecule has 26 heavy (non-hydrogen) atoms. The maximum Gasteiger partial charge on any atom is 0.573 e. The molecule has 0 aliphatic carbocycles. The average molecular weight is 406 g/mol. The van der Waals surface area contributed by atoms with Crippen molar-refractivity contribution in [1.29, 1.82) is 0 Å². The van der Waals surface area contributed by atoms with Crippen molar-refractivity contribution >= 4 is 33.4 Å². The van der Waals surface area contributed by atoms with Crippen LogP contribution in [-0.4, -0.2) is 26.4 Å². The first kappa shape index (κ1) is 19.9. The van der Waals surface area contributed by atoms with Gasteiger partial charge in [-0.15, -0.1) is 24.9 Å². The average Bonchev–Trinajstić information content (AvgIpc) is 2.52. The standard InChI is InChI=1S/C15H13F3N2O4S2/c16-15(17,18)24-10-5-7-11(8-6-10)26(22,23)20-12-3-1-2-4-13(12)25-9-14(19)21/h1-8,20H,9H2,(H2,19,21). The maximum atomic E-state index is 12.4. The molecule has 0 fully saturated rings. The molecule has 0 saturated carbocycles. The fourth-order valence-electron chi connectivity index (χ4n) is 1.85. The van der Waals surface area contributed by atoms with Gasteiger partial charge < -0.3 is 10.5 Å². The number of primary amides is 1. The summed E-state index contributed by atoms with van der Waals surface area (Å²) < 4.78 is 67.3. The lowest BCUT2D eigenvalue weighted by molar-refractivity contribution is -0.274. The van der Waals surface area contributed by atoms with Crippen molar-refractivity contribution in [2.75, 3.05) is 10.5 Å². The Kier molecular flexibility index (Phi) is 6.03. The lowest BCUT2D eigenvalue weighted by Gasteiger charge is -2.13. The van der Waals surface area contributed by atoms with Gasteiger partial charge in [-0.25, -0.2) is 8.42 Å². The van der Waals surface area contributed by atoms with Crippen molar-refractivity contribution in [1.82, 2.24) is 0 Å². The van der Waals surface area contributed by atoms with Crippen LogP contribution in [0.1, 0.15) is 0 Å². The second-order valence-corrected chi connectivity index (χ2v) is 7.58. The molecule has 0 saturated heterocycles. The number of hydrogen-bond acceptors (Lipinski definition) is 5. The van der Waals surface area contributed by atoms with Crippen LogP contribution in [0.4, 0.5) is 18.9 Å². The molecule has 6 nitrogen and oxygen atoms in total. The van der Waals surface area contributed by atoms with Crippen LogP contribution in [0, 0.1) is 0 Å². The SMILES string of the molecule is NC(=O)CSc1ccccc1NS(=O)(=O)c1ccc(OC(F)(F)F)cc1. The molecular formula is C15H13F3N2O4S2. The molecule has 0 unspecified atom stereocenters. The topological polar surface area (TPSA) is 98.5 Å². The first-order chi connectivity index (χ1) is 12.1. The van der Waals surface area contributed by atoms with E-state index < -0.39 is 28.0 Å². The molecule has 0 aliphatic rings. The first-order valence-corrected chi connectivity index (χ1v) is 9.42. The van der Waals surface area contributed by atoms with Crippen molar-refractivity contribution in [3.63, 3.8) is 0 Å². The van der Waals surface area contributed by atoms with Crippen molar-refractivity contribution in [2.24, 2.45) is 5.73 Å². The number of carbonyl (C=O) groups is 1. The molecular weight excluding hydrogens is 393 g/mol. The van der Waals surface area contributed by atoms with E-state index in [4.69, 9.17) is 5.73 Å². The number of benzene rings is 2. The summed E-state index contributed by atoms with van der Waals surface area (Å²) in [7, 11) is -4.05. The van der Waals surface area contributed by atoms with E-state index >= 15 is 0 Å². The molecule has 140 valence electrons. The zero-order valence-electron chi connectivity index (χ0n) is 13.0. The second kappa shape index (κ2) is 7.87. The number of anilines is 1. The van der Waals surface area contributed by atoms with Crippen LogP contribution in [-0.2, 0) is 14.8 Å².